The minimum atomic E-state index is -0.997. The van der Waals surface area contributed by atoms with Crippen molar-refractivity contribution in [1.29, 1.82) is 5.41 Å². The highest BCUT2D eigenvalue weighted by Gasteiger charge is 2.29. The third-order valence-corrected chi connectivity index (χ3v) is 7.61. The number of aromatic nitrogens is 2. The smallest absolute Gasteiger partial charge is 0.415 e. The first-order valence-corrected chi connectivity index (χ1v) is 14.7. The van der Waals surface area contributed by atoms with Crippen LogP contribution in [-0.2, 0) is 39.9 Å². The normalized spacial score (nSPS) is 17.7. The first-order chi connectivity index (χ1) is 22.0. The Bertz CT molecular complexity index is 1530. The molecule has 46 heavy (non-hydrogen) atoms. The van der Waals surface area contributed by atoms with Crippen molar-refractivity contribution < 1.29 is 42.9 Å². The van der Waals surface area contributed by atoms with Crippen molar-refractivity contribution in [2.24, 2.45) is 5.92 Å². The van der Waals surface area contributed by atoms with Crippen molar-refractivity contribution in [3.63, 3.8) is 0 Å². The van der Waals surface area contributed by atoms with Crippen molar-refractivity contribution in [2.75, 3.05) is 40.2 Å². The second-order valence-corrected chi connectivity index (χ2v) is 10.7. The van der Waals surface area contributed by atoms with Gasteiger partial charge in [0.05, 0.1) is 31.9 Å². The van der Waals surface area contributed by atoms with Crippen LogP contribution in [0.4, 0.5) is 4.79 Å². The molecule has 1 saturated carbocycles. The lowest BCUT2D eigenvalue weighted by Crippen LogP contribution is -2.45. The number of nitrogens with one attached hydrogen (secondary N) is 3. The molecule has 1 saturated heterocycles. The molecule has 0 bridgehead atoms. The summed E-state index contributed by atoms with van der Waals surface area (Å²) in [5.41, 5.74) is 0.0457. The minimum absolute atomic E-state index is 0.205. The molecule has 0 radical (unpaired) electrons. The van der Waals surface area contributed by atoms with E-state index >= 15 is 0 Å². The average molecular weight is 641 g/mol. The predicted molar refractivity (Wildman–Crippen MR) is 160 cm³/mol. The molecule has 0 atom stereocenters. The van der Waals surface area contributed by atoms with Gasteiger partial charge < -0.3 is 29.2 Å². The van der Waals surface area contributed by atoms with Crippen molar-refractivity contribution in [1.82, 2.24) is 25.3 Å². The van der Waals surface area contributed by atoms with Gasteiger partial charge in [-0.1, -0.05) is 24.3 Å². The predicted octanol–water partition coefficient (Wildman–Crippen LogP) is 0.803. The van der Waals surface area contributed by atoms with Gasteiger partial charge in [0.15, 0.2) is 0 Å². The number of amides is 3. The number of hydrogen-bond acceptors (Lipinski definition) is 12. The number of methoxy groups -OCH3 is 1. The van der Waals surface area contributed by atoms with E-state index in [-0.39, 0.29) is 47.5 Å². The highest BCUT2D eigenvalue weighted by atomic mass is 16.7. The Morgan fingerprint density at radius 3 is 2.33 bits per heavy atom. The largest absolute Gasteiger partial charge is 0.469 e. The van der Waals surface area contributed by atoms with Crippen LogP contribution in [0.2, 0.25) is 0 Å². The third kappa shape index (κ3) is 8.97. The number of hydrogen-bond donors (Lipinski definition) is 3. The molecule has 1 aliphatic carbocycles. The molecular weight excluding hydrogens is 604 g/mol. The van der Waals surface area contributed by atoms with Crippen LogP contribution < -0.4 is 16.2 Å². The Balaban J connectivity index is 1.54. The fraction of sp³-hybridized carbons (Fsp3) is 0.467. The van der Waals surface area contributed by atoms with Gasteiger partial charge >= 0.3 is 18.0 Å². The number of carbonyl (C=O) groups excluding carboxylic acids is 5. The lowest BCUT2D eigenvalue weighted by atomic mass is 9.86. The fourth-order valence-electron chi connectivity index (χ4n) is 5.08. The summed E-state index contributed by atoms with van der Waals surface area (Å²) in [7, 11) is 1.34. The number of rotatable bonds is 9. The summed E-state index contributed by atoms with van der Waals surface area (Å²) in [5, 5.41) is 17.6. The lowest BCUT2D eigenvalue weighted by Gasteiger charge is -2.28. The van der Waals surface area contributed by atoms with Crippen molar-refractivity contribution in [2.45, 2.75) is 45.2 Å². The van der Waals surface area contributed by atoms with Crippen LogP contribution in [0.5, 0.6) is 0 Å². The number of ether oxygens (including phenoxy) is 4. The van der Waals surface area contributed by atoms with E-state index in [4.69, 9.17) is 14.9 Å². The molecule has 246 valence electrons. The molecule has 0 spiro atoms. The standard InChI is InChI=1S/C30H36N6O10/c1-18(37)45-17-46-30(42)33-26(31)20-5-3-19(4-6-20)24-15-23(27(39)32-22-9-7-21(8-10-22)29(41)43-2)28(40)36(34-24)16-25(38)35-11-13-44-14-12-35/h3-6,15,21-22H,7-14,16-17H2,1-2H3,(H,32,39)(H2,31,33,42)/t21-,22-. The van der Waals surface area contributed by atoms with E-state index in [9.17, 15) is 28.8 Å². The highest BCUT2D eigenvalue weighted by Crippen LogP contribution is 2.25. The van der Waals surface area contributed by atoms with Crippen LogP contribution in [-0.4, -0.2) is 96.6 Å². The van der Waals surface area contributed by atoms with Gasteiger partial charge in [-0.15, -0.1) is 0 Å². The van der Waals surface area contributed by atoms with E-state index in [0.29, 0.717) is 63.1 Å². The number of carbonyl (C=O) groups is 5. The fourth-order valence-corrected chi connectivity index (χ4v) is 5.08. The molecule has 2 aliphatic rings. The molecule has 0 unspecified atom stereocenters. The number of morpholine rings is 1. The molecule has 16 nitrogen and oxygen atoms in total. The van der Waals surface area contributed by atoms with Crippen LogP contribution in [0.1, 0.15) is 48.5 Å². The maximum absolute atomic E-state index is 13.5. The first-order valence-electron chi connectivity index (χ1n) is 14.7. The Kier molecular flexibility index (Phi) is 11.6. The van der Waals surface area contributed by atoms with Crippen molar-refractivity contribution >= 4 is 35.7 Å². The van der Waals surface area contributed by atoms with E-state index in [2.05, 4.69) is 25.2 Å². The summed E-state index contributed by atoms with van der Waals surface area (Å²) in [6, 6.07) is 7.27. The Labute approximate surface area is 263 Å². The van der Waals surface area contributed by atoms with Crippen molar-refractivity contribution in [3.05, 3.63) is 51.8 Å². The third-order valence-electron chi connectivity index (χ3n) is 7.61. The molecule has 2 fully saturated rings. The van der Waals surface area contributed by atoms with Gasteiger partial charge in [-0.3, -0.25) is 34.7 Å². The van der Waals surface area contributed by atoms with Gasteiger partial charge in [0.1, 0.15) is 17.9 Å². The summed E-state index contributed by atoms with van der Waals surface area (Å²) in [4.78, 5) is 76.0. The maximum atomic E-state index is 13.5. The van der Waals surface area contributed by atoms with Gasteiger partial charge in [0.25, 0.3) is 11.5 Å². The van der Waals surface area contributed by atoms with E-state index in [1.165, 1.54) is 25.3 Å². The number of amidine groups is 1. The summed E-state index contributed by atoms with van der Waals surface area (Å²) >= 11 is 0. The summed E-state index contributed by atoms with van der Waals surface area (Å²) in [5.74, 6) is -2.43. The molecule has 2 heterocycles. The Hall–Kier alpha value is -5.12. The highest BCUT2D eigenvalue weighted by molar-refractivity contribution is 6.04. The van der Waals surface area contributed by atoms with Gasteiger partial charge in [0, 0.05) is 37.2 Å². The molecule has 1 aromatic heterocycles. The number of benzene rings is 1. The zero-order chi connectivity index (χ0) is 33.2. The second kappa shape index (κ2) is 15.7. The zero-order valence-corrected chi connectivity index (χ0v) is 25.5. The lowest BCUT2D eigenvalue weighted by molar-refractivity contribution is -0.149. The summed E-state index contributed by atoms with van der Waals surface area (Å²) < 4.78 is 20.3. The monoisotopic (exact) mass is 640 g/mol. The number of alkyl carbamates (subject to hydrolysis) is 1. The minimum Gasteiger partial charge on any atom is -0.469 e. The van der Waals surface area contributed by atoms with Crippen LogP contribution in [0.3, 0.4) is 0 Å². The Morgan fingerprint density at radius 2 is 1.70 bits per heavy atom. The quantitative estimate of drug-likeness (QED) is 0.151. The van der Waals surface area contributed by atoms with Gasteiger partial charge in [-0.25, -0.2) is 9.48 Å². The summed E-state index contributed by atoms with van der Waals surface area (Å²) in [6.07, 6.45) is 1.15. The molecule has 1 aliphatic heterocycles. The van der Waals surface area contributed by atoms with Gasteiger partial charge in [0.2, 0.25) is 12.7 Å². The molecule has 3 amide bonds. The first kappa shape index (κ1) is 33.8. The van der Waals surface area contributed by atoms with Crippen molar-refractivity contribution in [3.8, 4) is 11.3 Å². The van der Waals surface area contributed by atoms with E-state index in [0.717, 1.165) is 11.6 Å². The molecule has 3 N–H and O–H groups in total. The molecule has 4 rings (SSSR count). The van der Waals surface area contributed by atoms with Crippen LogP contribution in [0, 0.1) is 11.3 Å². The summed E-state index contributed by atoms with van der Waals surface area (Å²) in [6.45, 7) is 1.65. The molecule has 2 aromatic rings. The van der Waals surface area contributed by atoms with E-state index in [1.807, 2.05) is 0 Å². The van der Waals surface area contributed by atoms with Crippen LogP contribution in [0.15, 0.2) is 35.1 Å². The molecule has 1 aromatic carbocycles. The van der Waals surface area contributed by atoms with Crippen LogP contribution in [0.25, 0.3) is 11.3 Å². The molecule has 16 heteroatoms. The second-order valence-electron chi connectivity index (χ2n) is 10.7. The van der Waals surface area contributed by atoms with Crippen LogP contribution >= 0.6 is 0 Å². The SMILES string of the molecule is COC(=O)[C@H]1CC[C@H](NC(=O)c2cc(-c3ccc(C(=N)NC(=O)OCOC(C)=O)cc3)nn(CC(=O)N3CCOCC3)c2=O)CC1. The topological polar surface area (TPSA) is 208 Å². The number of esters is 2. The number of nitrogens with zero attached hydrogens (tertiary/aromatic N) is 3. The molecular formula is C30H36N6O10. The van der Waals surface area contributed by atoms with Gasteiger partial charge in [-0.2, -0.15) is 5.10 Å². The average Bonchev–Trinajstić information content (AvgIpc) is 3.05. The van der Waals surface area contributed by atoms with E-state index < -0.39 is 30.3 Å². The zero-order valence-electron chi connectivity index (χ0n) is 25.5. The Morgan fingerprint density at radius 1 is 1.02 bits per heavy atom. The van der Waals surface area contributed by atoms with E-state index in [1.54, 1.807) is 17.0 Å². The maximum Gasteiger partial charge on any atom is 0.415 e. The van der Waals surface area contributed by atoms with Gasteiger partial charge in [-0.05, 0) is 31.7 Å².